The Morgan fingerprint density at radius 3 is 2.20 bits per heavy atom. The molecule has 20 heavy (non-hydrogen) atoms. The van der Waals surface area contributed by atoms with Crippen LogP contribution in [0, 0.1) is 23.7 Å². The van der Waals surface area contributed by atoms with Gasteiger partial charge in [0.1, 0.15) is 0 Å². The fourth-order valence-corrected chi connectivity index (χ4v) is 3.78. The van der Waals surface area contributed by atoms with E-state index in [0.717, 1.165) is 23.7 Å². The molecule has 1 saturated carbocycles. The normalized spacial score (nSPS) is 28.4. The summed E-state index contributed by atoms with van der Waals surface area (Å²) in [7, 11) is 0. The van der Waals surface area contributed by atoms with Crippen molar-refractivity contribution in [3.05, 3.63) is 23.3 Å². The zero-order chi connectivity index (χ0) is 15.1. The maximum absolute atomic E-state index is 2.50. The third-order valence-corrected chi connectivity index (χ3v) is 5.15. The number of allylic oxidation sites excluding steroid dienone is 4. The molecular weight excluding hydrogens is 240 g/mol. The summed E-state index contributed by atoms with van der Waals surface area (Å²) in [4.78, 5) is 0. The molecule has 1 rings (SSSR count). The zero-order valence-electron chi connectivity index (χ0n) is 14.7. The Morgan fingerprint density at radius 1 is 1.00 bits per heavy atom. The van der Waals surface area contributed by atoms with E-state index in [9.17, 15) is 0 Å². The summed E-state index contributed by atoms with van der Waals surface area (Å²) in [6, 6.07) is 0. The first-order chi connectivity index (χ1) is 9.41. The van der Waals surface area contributed by atoms with Crippen LogP contribution < -0.4 is 0 Å². The predicted octanol–water partition coefficient (Wildman–Crippen LogP) is 6.78. The van der Waals surface area contributed by atoms with E-state index in [2.05, 4.69) is 53.7 Å². The van der Waals surface area contributed by atoms with E-state index in [1.54, 1.807) is 0 Å². The van der Waals surface area contributed by atoms with Crippen molar-refractivity contribution in [2.75, 3.05) is 0 Å². The molecule has 0 saturated heterocycles. The van der Waals surface area contributed by atoms with Crippen LogP contribution in [0.15, 0.2) is 23.3 Å². The number of hydrogen-bond donors (Lipinski definition) is 0. The van der Waals surface area contributed by atoms with Crippen molar-refractivity contribution in [1.29, 1.82) is 0 Å². The van der Waals surface area contributed by atoms with Crippen molar-refractivity contribution in [3.63, 3.8) is 0 Å². The van der Waals surface area contributed by atoms with E-state index in [4.69, 9.17) is 0 Å². The highest BCUT2D eigenvalue weighted by Gasteiger charge is 2.31. The third kappa shape index (κ3) is 5.85. The molecule has 0 nitrogen and oxygen atoms in total. The van der Waals surface area contributed by atoms with Gasteiger partial charge < -0.3 is 0 Å². The van der Waals surface area contributed by atoms with Crippen LogP contribution in [-0.2, 0) is 0 Å². The third-order valence-electron chi connectivity index (χ3n) is 5.15. The van der Waals surface area contributed by atoms with E-state index in [1.165, 1.54) is 49.7 Å². The molecular formula is C20H36. The van der Waals surface area contributed by atoms with Crippen molar-refractivity contribution in [3.8, 4) is 0 Å². The molecule has 0 heterocycles. The first-order valence-corrected chi connectivity index (χ1v) is 8.68. The standard InChI is InChI=1S/C20H36/c1-15(2)11-13-18(6)19-10-8-7-9-17(5)20(19)14-12-16(3)4/h11-12,17-20H,7-10,13-14H2,1-6H3. The van der Waals surface area contributed by atoms with Crippen LogP contribution in [0.1, 0.15) is 80.1 Å². The molecule has 0 aliphatic heterocycles. The minimum Gasteiger partial charge on any atom is -0.0856 e. The van der Waals surface area contributed by atoms with Crippen molar-refractivity contribution >= 4 is 0 Å². The molecule has 4 unspecified atom stereocenters. The molecule has 0 amide bonds. The van der Waals surface area contributed by atoms with E-state index >= 15 is 0 Å². The van der Waals surface area contributed by atoms with Crippen molar-refractivity contribution in [2.24, 2.45) is 23.7 Å². The summed E-state index contributed by atoms with van der Waals surface area (Å²) in [5, 5.41) is 0. The van der Waals surface area contributed by atoms with Gasteiger partial charge in [-0.1, -0.05) is 56.4 Å². The largest absolute Gasteiger partial charge is 0.0856 e. The minimum absolute atomic E-state index is 0.834. The molecule has 1 aliphatic carbocycles. The maximum Gasteiger partial charge on any atom is -0.0314 e. The lowest BCUT2D eigenvalue weighted by molar-refractivity contribution is 0.181. The highest BCUT2D eigenvalue weighted by atomic mass is 14.4. The summed E-state index contributed by atoms with van der Waals surface area (Å²) in [5.74, 6) is 3.54. The zero-order valence-corrected chi connectivity index (χ0v) is 14.7. The molecule has 0 aromatic heterocycles. The Hall–Kier alpha value is -0.520. The summed E-state index contributed by atoms with van der Waals surface area (Å²) < 4.78 is 0. The Morgan fingerprint density at radius 2 is 1.60 bits per heavy atom. The van der Waals surface area contributed by atoms with E-state index < -0.39 is 0 Å². The first kappa shape index (κ1) is 17.5. The van der Waals surface area contributed by atoms with Crippen LogP contribution in [0.25, 0.3) is 0 Å². The molecule has 0 aromatic carbocycles. The van der Waals surface area contributed by atoms with Gasteiger partial charge in [-0.15, -0.1) is 0 Å². The lowest BCUT2D eigenvalue weighted by Crippen LogP contribution is -2.25. The second kappa shape index (κ2) is 8.70. The molecule has 0 heteroatoms. The summed E-state index contributed by atoms with van der Waals surface area (Å²) in [6.45, 7) is 13.9. The van der Waals surface area contributed by atoms with E-state index in [0.29, 0.717) is 0 Å². The molecule has 116 valence electrons. The molecule has 1 fully saturated rings. The SMILES string of the molecule is CC(C)=CCC(C)C1CCCCC(C)C1CC=C(C)C. The summed E-state index contributed by atoms with van der Waals surface area (Å²) >= 11 is 0. The Kier molecular flexibility index (Phi) is 7.62. The second-order valence-corrected chi connectivity index (χ2v) is 7.60. The van der Waals surface area contributed by atoms with Gasteiger partial charge in [0.15, 0.2) is 0 Å². The first-order valence-electron chi connectivity index (χ1n) is 8.68. The van der Waals surface area contributed by atoms with Crippen LogP contribution in [0.5, 0.6) is 0 Å². The minimum atomic E-state index is 0.834. The van der Waals surface area contributed by atoms with Gasteiger partial charge >= 0.3 is 0 Å². The average Bonchev–Trinajstić information content (AvgIpc) is 2.55. The van der Waals surface area contributed by atoms with Gasteiger partial charge in [-0.05, 0) is 70.6 Å². The van der Waals surface area contributed by atoms with Gasteiger partial charge in [0.2, 0.25) is 0 Å². The topological polar surface area (TPSA) is 0 Å². The molecule has 0 N–H and O–H groups in total. The molecule has 4 atom stereocenters. The Balaban J connectivity index is 2.79. The highest BCUT2D eigenvalue weighted by Crippen LogP contribution is 2.41. The summed E-state index contributed by atoms with van der Waals surface area (Å²) in [5.41, 5.74) is 2.96. The lowest BCUT2D eigenvalue weighted by Gasteiger charge is -2.33. The van der Waals surface area contributed by atoms with Gasteiger partial charge in [0.25, 0.3) is 0 Å². The smallest absolute Gasteiger partial charge is 0.0314 e. The van der Waals surface area contributed by atoms with E-state index in [1.807, 2.05) is 0 Å². The van der Waals surface area contributed by atoms with Crippen LogP contribution in [0.3, 0.4) is 0 Å². The monoisotopic (exact) mass is 276 g/mol. The van der Waals surface area contributed by atoms with Gasteiger partial charge in [-0.25, -0.2) is 0 Å². The Bertz CT molecular complexity index is 326. The quantitative estimate of drug-likeness (QED) is 0.383. The van der Waals surface area contributed by atoms with Crippen molar-refractivity contribution in [2.45, 2.75) is 80.1 Å². The number of rotatable bonds is 5. The maximum atomic E-state index is 2.50. The Labute approximate surface area is 127 Å². The fraction of sp³-hybridized carbons (Fsp3) is 0.800. The van der Waals surface area contributed by atoms with Gasteiger partial charge in [-0.2, -0.15) is 0 Å². The van der Waals surface area contributed by atoms with Crippen molar-refractivity contribution in [1.82, 2.24) is 0 Å². The molecule has 0 radical (unpaired) electrons. The van der Waals surface area contributed by atoms with Crippen LogP contribution in [-0.4, -0.2) is 0 Å². The fourth-order valence-electron chi connectivity index (χ4n) is 3.78. The second-order valence-electron chi connectivity index (χ2n) is 7.60. The molecule has 0 bridgehead atoms. The van der Waals surface area contributed by atoms with Gasteiger partial charge in [0, 0.05) is 0 Å². The summed E-state index contributed by atoms with van der Waals surface area (Å²) in [6.07, 6.45) is 13.3. The molecule has 0 spiro atoms. The van der Waals surface area contributed by atoms with Crippen LogP contribution in [0.4, 0.5) is 0 Å². The van der Waals surface area contributed by atoms with Crippen LogP contribution >= 0.6 is 0 Å². The van der Waals surface area contributed by atoms with Gasteiger partial charge in [0.05, 0.1) is 0 Å². The number of hydrogen-bond acceptors (Lipinski definition) is 0. The average molecular weight is 277 g/mol. The van der Waals surface area contributed by atoms with E-state index in [-0.39, 0.29) is 0 Å². The highest BCUT2D eigenvalue weighted by molar-refractivity contribution is 4.98. The lowest BCUT2D eigenvalue weighted by atomic mass is 9.72. The molecule has 1 aliphatic rings. The van der Waals surface area contributed by atoms with Gasteiger partial charge in [-0.3, -0.25) is 0 Å². The van der Waals surface area contributed by atoms with Crippen LogP contribution in [0.2, 0.25) is 0 Å². The van der Waals surface area contributed by atoms with Crippen molar-refractivity contribution < 1.29 is 0 Å². The molecule has 0 aromatic rings. The predicted molar refractivity (Wildman–Crippen MR) is 91.9 cm³/mol.